The van der Waals surface area contributed by atoms with Gasteiger partial charge >= 0.3 is 6.18 Å². The summed E-state index contributed by atoms with van der Waals surface area (Å²) in [6, 6.07) is 0. The fraction of sp³-hybridized carbons (Fsp3) is 1.00. The molecule has 0 aliphatic heterocycles. The van der Waals surface area contributed by atoms with Gasteiger partial charge in [-0.1, -0.05) is 13.8 Å². The maximum atomic E-state index is 12.4. The Bertz CT molecular complexity index is 175. The number of hydrogen-bond acceptors (Lipinski definition) is 2. The molecule has 1 atom stereocenters. The fourth-order valence-corrected chi connectivity index (χ4v) is 1.28. The molecule has 0 aromatic heterocycles. The zero-order valence-corrected chi connectivity index (χ0v) is 8.97. The van der Waals surface area contributed by atoms with E-state index in [1.54, 1.807) is 6.92 Å². The van der Waals surface area contributed by atoms with Crippen molar-refractivity contribution in [2.45, 2.75) is 38.9 Å². The zero-order valence-electron chi connectivity index (χ0n) is 8.07. The fourth-order valence-electron chi connectivity index (χ4n) is 1.17. The van der Waals surface area contributed by atoms with E-state index in [1.165, 1.54) is 0 Å². The molecule has 0 aromatic rings. The lowest BCUT2D eigenvalue weighted by Gasteiger charge is -2.35. The average Bonchev–Trinajstić information content (AvgIpc) is 1.83. The van der Waals surface area contributed by atoms with Crippen LogP contribution in [0.4, 0.5) is 13.2 Å². The lowest BCUT2D eigenvalue weighted by Crippen LogP contribution is -2.47. The van der Waals surface area contributed by atoms with E-state index in [2.05, 4.69) is 12.6 Å². The Morgan fingerprint density at radius 3 is 1.77 bits per heavy atom. The lowest BCUT2D eigenvalue weighted by molar-refractivity contribution is -0.217. The molecule has 80 valence electrons. The average molecular weight is 215 g/mol. The third-order valence-corrected chi connectivity index (χ3v) is 2.70. The Morgan fingerprint density at radius 2 is 1.54 bits per heavy atom. The van der Waals surface area contributed by atoms with Gasteiger partial charge in [-0.25, -0.2) is 0 Å². The van der Waals surface area contributed by atoms with Crippen molar-refractivity contribution in [3.63, 3.8) is 0 Å². The number of hydrogen-bond donors (Lipinski definition) is 2. The van der Waals surface area contributed by atoms with E-state index < -0.39 is 17.1 Å². The minimum absolute atomic E-state index is 0.118. The molecule has 0 aromatic carbocycles. The third kappa shape index (κ3) is 3.77. The topological polar surface area (TPSA) is 26.0 Å². The number of halogens is 3. The second-order valence-corrected chi connectivity index (χ2v) is 4.69. The SMILES string of the molecule is CC(N)(CS)CC(C)(C)C(F)(F)F. The van der Waals surface area contributed by atoms with Gasteiger partial charge in [-0.15, -0.1) is 0 Å². The van der Waals surface area contributed by atoms with E-state index in [0.717, 1.165) is 13.8 Å². The van der Waals surface area contributed by atoms with Crippen molar-refractivity contribution in [1.29, 1.82) is 0 Å². The molecule has 0 heterocycles. The number of nitrogens with two attached hydrogens (primary N) is 1. The molecule has 0 amide bonds. The van der Waals surface area contributed by atoms with Crippen LogP contribution in [-0.4, -0.2) is 17.5 Å². The Labute approximate surface area is 82.3 Å². The van der Waals surface area contributed by atoms with Gasteiger partial charge in [0.2, 0.25) is 0 Å². The van der Waals surface area contributed by atoms with E-state index in [-0.39, 0.29) is 12.2 Å². The van der Waals surface area contributed by atoms with Crippen molar-refractivity contribution < 1.29 is 13.2 Å². The van der Waals surface area contributed by atoms with Gasteiger partial charge in [0.1, 0.15) is 0 Å². The Morgan fingerprint density at radius 1 is 1.15 bits per heavy atom. The van der Waals surface area contributed by atoms with Crippen LogP contribution in [0.5, 0.6) is 0 Å². The Balaban J connectivity index is 4.52. The highest BCUT2D eigenvalue weighted by Gasteiger charge is 2.49. The molecule has 0 bridgehead atoms. The largest absolute Gasteiger partial charge is 0.394 e. The van der Waals surface area contributed by atoms with Crippen LogP contribution in [0, 0.1) is 5.41 Å². The van der Waals surface area contributed by atoms with Crippen molar-refractivity contribution in [2.75, 3.05) is 5.75 Å². The van der Waals surface area contributed by atoms with Crippen LogP contribution >= 0.6 is 12.6 Å². The van der Waals surface area contributed by atoms with Gasteiger partial charge in [-0.05, 0) is 13.3 Å². The minimum Gasteiger partial charge on any atom is -0.325 e. The first-order valence-corrected chi connectivity index (χ1v) is 4.61. The molecular weight excluding hydrogens is 199 g/mol. The molecule has 0 rings (SSSR count). The zero-order chi connectivity index (χ0) is 10.9. The molecule has 1 nitrogen and oxygen atoms in total. The van der Waals surface area contributed by atoms with Crippen LogP contribution in [0.1, 0.15) is 27.2 Å². The molecule has 1 unspecified atom stereocenters. The molecule has 2 N–H and O–H groups in total. The van der Waals surface area contributed by atoms with E-state index in [0.29, 0.717) is 0 Å². The van der Waals surface area contributed by atoms with E-state index in [1.807, 2.05) is 0 Å². The Kier molecular flexibility index (Phi) is 3.72. The monoisotopic (exact) mass is 215 g/mol. The van der Waals surface area contributed by atoms with Crippen LogP contribution in [0.25, 0.3) is 0 Å². The lowest BCUT2D eigenvalue weighted by atomic mass is 9.80. The number of thiol groups is 1. The first kappa shape index (κ1) is 13.1. The predicted octanol–water partition coefficient (Wildman–Crippen LogP) is 2.61. The van der Waals surface area contributed by atoms with Crippen molar-refractivity contribution in [3.8, 4) is 0 Å². The van der Waals surface area contributed by atoms with Gasteiger partial charge < -0.3 is 5.73 Å². The quantitative estimate of drug-likeness (QED) is 0.695. The smallest absolute Gasteiger partial charge is 0.325 e. The molecule has 0 aliphatic rings. The van der Waals surface area contributed by atoms with Crippen molar-refractivity contribution in [3.05, 3.63) is 0 Å². The van der Waals surface area contributed by atoms with Crippen LogP contribution in [0.3, 0.4) is 0 Å². The van der Waals surface area contributed by atoms with Crippen LogP contribution < -0.4 is 5.73 Å². The molecule has 0 aliphatic carbocycles. The van der Waals surface area contributed by atoms with Gasteiger partial charge in [-0.2, -0.15) is 25.8 Å². The second kappa shape index (κ2) is 3.69. The molecule has 0 saturated heterocycles. The van der Waals surface area contributed by atoms with Gasteiger partial charge in [0.15, 0.2) is 0 Å². The first-order valence-electron chi connectivity index (χ1n) is 3.98. The van der Waals surface area contributed by atoms with Crippen molar-refractivity contribution in [2.24, 2.45) is 11.1 Å². The van der Waals surface area contributed by atoms with Gasteiger partial charge in [0, 0.05) is 11.3 Å². The number of alkyl halides is 3. The first-order chi connectivity index (χ1) is 5.52. The maximum absolute atomic E-state index is 12.4. The molecule has 13 heavy (non-hydrogen) atoms. The molecule has 0 spiro atoms. The molecule has 0 fully saturated rings. The summed E-state index contributed by atoms with van der Waals surface area (Å²) in [4.78, 5) is 0. The summed E-state index contributed by atoms with van der Waals surface area (Å²) in [6.07, 6.45) is -4.33. The highest BCUT2D eigenvalue weighted by atomic mass is 32.1. The summed E-state index contributed by atoms with van der Waals surface area (Å²) in [5.41, 5.74) is 3.00. The second-order valence-electron chi connectivity index (χ2n) is 4.37. The predicted molar refractivity (Wildman–Crippen MR) is 50.9 cm³/mol. The summed E-state index contributed by atoms with van der Waals surface area (Å²) in [7, 11) is 0. The van der Waals surface area contributed by atoms with E-state index >= 15 is 0 Å². The van der Waals surface area contributed by atoms with Crippen molar-refractivity contribution in [1.82, 2.24) is 0 Å². The van der Waals surface area contributed by atoms with Crippen LogP contribution in [-0.2, 0) is 0 Å². The molecule has 0 radical (unpaired) electrons. The van der Waals surface area contributed by atoms with E-state index in [9.17, 15) is 13.2 Å². The molecule has 0 saturated carbocycles. The number of rotatable bonds is 3. The standard InChI is InChI=1S/C8H16F3NS/c1-6(2,8(9,10)11)4-7(3,12)5-13/h13H,4-5,12H2,1-3H3. The maximum Gasteiger partial charge on any atom is 0.394 e. The van der Waals surface area contributed by atoms with Gasteiger partial charge in [0.25, 0.3) is 0 Å². The van der Waals surface area contributed by atoms with Gasteiger partial charge in [-0.3, -0.25) is 0 Å². The van der Waals surface area contributed by atoms with Gasteiger partial charge in [0.05, 0.1) is 5.41 Å². The molecule has 5 heteroatoms. The van der Waals surface area contributed by atoms with E-state index in [4.69, 9.17) is 5.73 Å². The highest BCUT2D eigenvalue weighted by Crippen LogP contribution is 2.42. The summed E-state index contributed by atoms with van der Waals surface area (Å²) in [6.45, 7) is 3.89. The Hall–Kier alpha value is 0.100. The van der Waals surface area contributed by atoms with Crippen LogP contribution in [0.2, 0.25) is 0 Å². The summed E-state index contributed by atoms with van der Waals surface area (Å²) < 4.78 is 37.3. The van der Waals surface area contributed by atoms with Crippen LogP contribution in [0.15, 0.2) is 0 Å². The minimum atomic E-state index is -4.21. The summed E-state index contributed by atoms with van der Waals surface area (Å²) >= 11 is 3.92. The molecular formula is C8H16F3NS. The summed E-state index contributed by atoms with van der Waals surface area (Å²) in [5.74, 6) is 0.243. The normalized spacial score (nSPS) is 18.5. The highest BCUT2D eigenvalue weighted by molar-refractivity contribution is 7.80. The third-order valence-electron chi connectivity index (χ3n) is 1.97. The van der Waals surface area contributed by atoms with Crippen molar-refractivity contribution >= 4 is 12.6 Å². The summed E-state index contributed by atoms with van der Waals surface area (Å²) in [5, 5.41) is 0.